The van der Waals surface area contributed by atoms with Crippen molar-refractivity contribution in [3.8, 4) is 0 Å². The van der Waals surface area contributed by atoms with Gasteiger partial charge in [-0.1, -0.05) is 72.8 Å². The van der Waals surface area contributed by atoms with Crippen molar-refractivity contribution in [2.45, 2.75) is 117 Å². The standard InChI is InChI=1S/C44H48N4O12S4.Na/c49-61(50,51)29-9-1-25(2-10-29)41-33-17-19-35(45-33)42(26-3-11-30(12-4-26)62(52,53)54)37-21-23-39(47-37)44(28-7-15-32(16-8-28)64(58,59)60)40-24-22-38(48-40)43(36-20-18-34(41)46-36)27-5-13-31(14-6-27)63(55,56)57;/h1-17,19,22,24,33-48H,18,20-21,23H2,(H,49,50,51)(H,52,53,54)(H,55,56,57)(H,58,59,60);. The van der Waals surface area contributed by atoms with E-state index in [1.54, 1.807) is 48.5 Å². The number of benzene rings is 4. The van der Waals surface area contributed by atoms with Crippen molar-refractivity contribution in [2.75, 3.05) is 0 Å². The van der Waals surface area contributed by atoms with Crippen molar-refractivity contribution < 1.29 is 51.9 Å². The molecule has 0 aliphatic carbocycles. The van der Waals surface area contributed by atoms with Gasteiger partial charge in [-0.3, -0.25) is 18.2 Å². The van der Waals surface area contributed by atoms with E-state index in [-0.39, 0.29) is 121 Å². The van der Waals surface area contributed by atoms with Gasteiger partial charge in [-0.2, -0.15) is 33.7 Å². The molecule has 0 aromatic heterocycles. The largest absolute Gasteiger partial charge is 0.310 e. The van der Waals surface area contributed by atoms with Crippen molar-refractivity contribution in [2.24, 2.45) is 0 Å². The van der Waals surface area contributed by atoms with Crippen LogP contribution in [0.5, 0.6) is 0 Å². The molecule has 4 aromatic rings. The van der Waals surface area contributed by atoms with Gasteiger partial charge in [-0.05, 0) is 96.5 Å². The van der Waals surface area contributed by atoms with E-state index in [4.69, 9.17) is 0 Å². The Bertz CT molecular complexity index is 2530. The summed E-state index contributed by atoms with van der Waals surface area (Å²) in [4.78, 5) is -0.946. The molecule has 12 unspecified atom stereocenters. The van der Waals surface area contributed by atoms with Gasteiger partial charge in [-0.15, -0.1) is 0 Å². The second-order valence-corrected chi connectivity index (χ2v) is 23.1. The molecule has 0 amide bonds. The first-order chi connectivity index (χ1) is 30.2. The third-order valence-corrected chi connectivity index (χ3v) is 17.3. The molecule has 0 saturated carbocycles. The van der Waals surface area contributed by atoms with Crippen LogP contribution < -0.4 is 21.3 Å². The molecule has 16 nitrogen and oxygen atoms in total. The molecule has 1 radical (unpaired) electrons. The van der Waals surface area contributed by atoms with Crippen LogP contribution in [0.4, 0.5) is 0 Å². The molecule has 5 aliphatic heterocycles. The van der Waals surface area contributed by atoms with Crippen LogP contribution in [-0.2, 0) is 40.5 Å². The van der Waals surface area contributed by atoms with Crippen molar-refractivity contribution in [1.82, 2.24) is 21.3 Å². The molecule has 12 atom stereocenters. The van der Waals surface area contributed by atoms with Crippen LogP contribution in [0.15, 0.2) is 141 Å². The minimum atomic E-state index is -4.47. The van der Waals surface area contributed by atoms with Gasteiger partial charge in [0.05, 0.1) is 19.6 Å². The molecule has 3 saturated heterocycles. The van der Waals surface area contributed by atoms with Crippen LogP contribution >= 0.6 is 0 Å². The van der Waals surface area contributed by atoms with Crippen molar-refractivity contribution in [3.63, 3.8) is 0 Å². The average molecular weight is 976 g/mol. The summed E-state index contributed by atoms with van der Waals surface area (Å²) in [7, 11) is -17.9. The average Bonchev–Trinajstić information content (AvgIpc) is 4.08. The summed E-state index contributed by atoms with van der Waals surface area (Å²) in [5.41, 5.74) is 3.27. The Balaban J connectivity index is 0.00000576. The van der Waals surface area contributed by atoms with E-state index in [2.05, 4.69) is 45.6 Å². The zero-order valence-electron chi connectivity index (χ0n) is 35.0. The summed E-state index contributed by atoms with van der Waals surface area (Å²) in [6.07, 6.45) is 11.2. The predicted molar refractivity (Wildman–Crippen MR) is 241 cm³/mol. The van der Waals surface area contributed by atoms with Gasteiger partial charge in [0.2, 0.25) is 0 Å². The third-order valence-electron chi connectivity index (χ3n) is 13.8. The molecule has 65 heavy (non-hydrogen) atoms. The minimum Gasteiger partial charge on any atom is -0.310 e. The maximum absolute atomic E-state index is 12.1. The topological polar surface area (TPSA) is 266 Å². The van der Waals surface area contributed by atoms with Crippen molar-refractivity contribution >= 4 is 70.0 Å². The van der Waals surface area contributed by atoms with E-state index in [0.29, 0.717) is 25.7 Å². The van der Waals surface area contributed by atoms with E-state index in [1.165, 1.54) is 48.5 Å². The van der Waals surface area contributed by atoms with E-state index in [9.17, 15) is 51.9 Å². The van der Waals surface area contributed by atoms with E-state index in [0.717, 1.165) is 22.3 Å². The van der Waals surface area contributed by atoms with Gasteiger partial charge in [0.15, 0.2) is 0 Å². The molecule has 4 aromatic carbocycles. The number of fused-ring (bicyclic) bond motifs is 8. The minimum absolute atomic E-state index is 0. The number of hydrogen-bond acceptors (Lipinski definition) is 12. The molecule has 9 rings (SSSR count). The maximum atomic E-state index is 12.1. The smallest absolute Gasteiger partial charge is 0.294 e. The van der Waals surface area contributed by atoms with E-state index < -0.39 is 40.5 Å². The Hall–Kier alpha value is -3.16. The Labute approximate surface area is 401 Å². The summed E-state index contributed by atoms with van der Waals surface area (Å²) in [5, 5.41) is 15.6. The van der Waals surface area contributed by atoms with Gasteiger partial charge >= 0.3 is 0 Å². The van der Waals surface area contributed by atoms with E-state index in [1.807, 2.05) is 0 Å². The molecule has 341 valence electrons. The fraction of sp³-hybridized carbons (Fsp3) is 0.364. The zero-order chi connectivity index (χ0) is 45.3. The molecular formula is C44H48N4NaO12S4. The molecule has 8 N–H and O–H groups in total. The van der Waals surface area contributed by atoms with Crippen LogP contribution in [0.25, 0.3) is 0 Å². The Morgan fingerprint density at radius 1 is 0.323 bits per heavy atom. The van der Waals surface area contributed by atoms with Crippen LogP contribution in [-0.4, -0.2) is 130 Å². The molecule has 8 bridgehead atoms. The van der Waals surface area contributed by atoms with Gasteiger partial charge < -0.3 is 21.3 Å². The van der Waals surface area contributed by atoms with Crippen LogP contribution in [0.1, 0.15) is 71.6 Å². The number of nitrogens with one attached hydrogen (secondary N) is 4. The number of rotatable bonds is 8. The van der Waals surface area contributed by atoms with Gasteiger partial charge in [0.1, 0.15) is 0 Å². The molecule has 21 heteroatoms. The Morgan fingerprint density at radius 2 is 0.508 bits per heavy atom. The van der Waals surface area contributed by atoms with E-state index >= 15 is 0 Å². The number of hydrogen-bond donors (Lipinski definition) is 8. The van der Waals surface area contributed by atoms with Crippen LogP contribution in [0.3, 0.4) is 0 Å². The van der Waals surface area contributed by atoms with Crippen molar-refractivity contribution in [3.05, 3.63) is 144 Å². The SMILES string of the molecule is O=S(=O)(O)c1ccc(C2C3C=CC(N3)C(c3ccc(S(=O)(=O)O)cc3)C3CCC(N3)C(c3ccc(S(=O)(=O)O)cc3)C3C=CC(N3)C(c3ccc(S(=O)(=O)O)cc3)C3CCC2N3)cc1.[Na]. The zero-order valence-corrected chi connectivity index (χ0v) is 40.3. The maximum Gasteiger partial charge on any atom is 0.294 e. The van der Waals surface area contributed by atoms with Gasteiger partial charge in [0, 0.05) is 102 Å². The third kappa shape index (κ3) is 10.0. The molecule has 3 fully saturated rings. The molecular weight excluding hydrogens is 928 g/mol. The summed E-state index contributed by atoms with van der Waals surface area (Å²) in [6, 6.07) is 22.8. The second-order valence-electron chi connectivity index (χ2n) is 17.4. The Kier molecular flexibility index (Phi) is 13.7. The summed E-state index contributed by atoms with van der Waals surface area (Å²) in [6.45, 7) is 0. The Morgan fingerprint density at radius 3 is 0.677 bits per heavy atom. The van der Waals surface area contributed by atoms with Crippen LogP contribution in [0.2, 0.25) is 0 Å². The quantitative estimate of drug-likeness (QED) is 0.0710. The monoisotopic (exact) mass is 975 g/mol. The fourth-order valence-corrected chi connectivity index (χ4v) is 12.9. The molecule has 5 aliphatic rings. The normalized spacial score (nSPS) is 31.4. The molecule has 0 spiro atoms. The fourth-order valence-electron chi connectivity index (χ4n) is 11.0. The van der Waals surface area contributed by atoms with Crippen molar-refractivity contribution in [1.29, 1.82) is 0 Å². The first-order valence-corrected chi connectivity index (χ1v) is 26.7. The van der Waals surface area contributed by atoms with Gasteiger partial charge in [0.25, 0.3) is 40.5 Å². The first-order valence-electron chi connectivity index (χ1n) is 20.9. The second kappa shape index (κ2) is 18.4. The summed E-state index contributed by atoms with van der Waals surface area (Å²) < 4.78 is 136. The molecule has 5 heterocycles. The summed E-state index contributed by atoms with van der Waals surface area (Å²) >= 11 is 0. The van der Waals surface area contributed by atoms with Gasteiger partial charge in [-0.25, -0.2) is 0 Å². The summed E-state index contributed by atoms with van der Waals surface area (Å²) in [5.74, 6) is -1.06. The first kappa shape index (κ1) is 48.3. The van der Waals surface area contributed by atoms with Crippen LogP contribution in [0, 0.1) is 0 Å². The predicted octanol–water partition coefficient (Wildman–Crippen LogP) is 3.78.